The Bertz CT molecular complexity index is 410. The summed E-state index contributed by atoms with van der Waals surface area (Å²) in [5, 5.41) is 9.20. The van der Waals surface area contributed by atoms with Gasteiger partial charge in [-0.1, -0.05) is 25.1 Å². The molecule has 1 aromatic carbocycles. The molecule has 0 bridgehead atoms. The zero-order valence-electron chi connectivity index (χ0n) is 10.3. The minimum Gasteiger partial charge on any atom is -0.330 e. The van der Waals surface area contributed by atoms with E-state index in [2.05, 4.69) is 24.0 Å². The van der Waals surface area contributed by atoms with Crippen molar-refractivity contribution in [2.24, 2.45) is 11.7 Å². The van der Waals surface area contributed by atoms with E-state index in [9.17, 15) is 5.26 Å². The number of likely N-dealkylation sites (tertiary alicyclic amines) is 1. The zero-order chi connectivity index (χ0) is 12.3. The van der Waals surface area contributed by atoms with Crippen LogP contribution in [-0.2, 0) is 0 Å². The fraction of sp³-hybridized carbons (Fsp3) is 0.500. The van der Waals surface area contributed by atoms with Crippen LogP contribution in [0.5, 0.6) is 0 Å². The monoisotopic (exact) mass is 229 g/mol. The molecule has 1 saturated heterocycles. The largest absolute Gasteiger partial charge is 0.330 e. The van der Waals surface area contributed by atoms with Crippen LogP contribution in [0.15, 0.2) is 24.3 Å². The summed E-state index contributed by atoms with van der Waals surface area (Å²) < 4.78 is 0. The van der Waals surface area contributed by atoms with E-state index in [0.717, 1.165) is 30.6 Å². The number of rotatable bonds is 3. The van der Waals surface area contributed by atoms with Crippen molar-refractivity contribution in [2.75, 3.05) is 19.6 Å². The first-order valence-electron chi connectivity index (χ1n) is 6.25. The van der Waals surface area contributed by atoms with Gasteiger partial charge in [0.15, 0.2) is 0 Å². The minimum absolute atomic E-state index is 0.320. The summed E-state index contributed by atoms with van der Waals surface area (Å²) in [4.78, 5) is 2.42. The summed E-state index contributed by atoms with van der Waals surface area (Å²) in [5.74, 6) is 0.476. The molecule has 90 valence electrons. The third kappa shape index (κ3) is 2.19. The van der Waals surface area contributed by atoms with Crippen LogP contribution in [0, 0.1) is 17.2 Å². The molecule has 2 unspecified atom stereocenters. The predicted molar refractivity (Wildman–Crippen MR) is 68.3 cm³/mol. The third-order valence-corrected chi connectivity index (χ3v) is 3.74. The van der Waals surface area contributed by atoms with Gasteiger partial charge in [0, 0.05) is 6.04 Å². The molecular weight excluding hydrogens is 210 g/mol. The molecule has 1 aliphatic heterocycles. The normalized spacial score (nSPS) is 24.8. The first-order chi connectivity index (χ1) is 8.31. The van der Waals surface area contributed by atoms with Crippen molar-refractivity contribution in [3.63, 3.8) is 0 Å². The Hall–Kier alpha value is -1.37. The maximum atomic E-state index is 9.20. The van der Waals surface area contributed by atoms with Gasteiger partial charge in [0.1, 0.15) is 0 Å². The van der Waals surface area contributed by atoms with Crippen LogP contribution in [0.25, 0.3) is 0 Å². The fourth-order valence-electron chi connectivity index (χ4n) is 2.84. The van der Waals surface area contributed by atoms with Gasteiger partial charge in [0.05, 0.1) is 11.6 Å². The molecule has 0 aromatic heterocycles. The second kappa shape index (κ2) is 5.31. The minimum atomic E-state index is 0.320. The molecule has 2 atom stereocenters. The SMILES string of the molecule is CCN1CCC(CN)C1c1ccccc1C#N. The third-order valence-electron chi connectivity index (χ3n) is 3.74. The van der Waals surface area contributed by atoms with Gasteiger partial charge in [-0.3, -0.25) is 4.90 Å². The van der Waals surface area contributed by atoms with Crippen molar-refractivity contribution < 1.29 is 0 Å². The molecule has 2 N–H and O–H groups in total. The first-order valence-corrected chi connectivity index (χ1v) is 6.25. The maximum Gasteiger partial charge on any atom is 0.0995 e. The van der Waals surface area contributed by atoms with Crippen molar-refractivity contribution >= 4 is 0 Å². The summed E-state index contributed by atoms with van der Waals surface area (Å²) in [6.07, 6.45) is 1.13. The second-order valence-electron chi connectivity index (χ2n) is 4.56. The molecule has 17 heavy (non-hydrogen) atoms. The standard InChI is InChI=1S/C14H19N3/c1-2-17-8-7-12(10-16)14(17)13-6-4-3-5-11(13)9-15/h3-6,12,14H,2,7-8,10,16H2,1H3. The van der Waals surface area contributed by atoms with Crippen molar-refractivity contribution in [2.45, 2.75) is 19.4 Å². The van der Waals surface area contributed by atoms with Crippen LogP contribution in [0.1, 0.15) is 30.5 Å². The lowest BCUT2D eigenvalue weighted by atomic mass is 9.91. The van der Waals surface area contributed by atoms with Gasteiger partial charge in [-0.25, -0.2) is 0 Å². The lowest BCUT2D eigenvalue weighted by Crippen LogP contribution is -2.28. The summed E-state index contributed by atoms with van der Waals surface area (Å²) in [6, 6.07) is 10.5. The van der Waals surface area contributed by atoms with Crippen LogP contribution in [0.3, 0.4) is 0 Å². The average molecular weight is 229 g/mol. The average Bonchev–Trinajstić information content (AvgIpc) is 2.81. The maximum absolute atomic E-state index is 9.20. The highest BCUT2D eigenvalue weighted by Crippen LogP contribution is 2.37. The molecule has 1 heterocycles. The van der Waals surface area contributed by atoms with E-state index in [1.807, 2.05) is 18.2 Å². The lowest BCUT2D eigenvalue weighted by molar-refractivity contribution is 0.241. The number of nitrogens with zero attached hydrogens (tertiary/aromatic N) is 2. The zero-order valence-corrected chi connectivity index (χ0v) is 10.3. The van der Waals surface area contributed by atoms with E-state index in [1.54, 1.807) is 0 Å². The van der Waals surface area contributed by atoms with Crippen LogP contribution < -0.4 is 5.73 Å². The van der Waals surface area contributed by atoms with Gasteiger partial charge in [-0.15, -0.1) is 0 Å². The Morgan fingerprint density at radius 1 is 1.47 bits per heavy atom. The Kier molecular flexibility index (Phi) is 3.78. The first kappa shape index (κ1) is 12.1. The fourth-order valence-corrected chi connectivity index (χ4v) is 2.84. The van der Waals surface area contributed by atoms with E-state index in [-0.39, 0.29) is 0 Å². The number of hydrogen-bond acceptors (Lipinski definition) is 3. The molecule has 1 aromatic rings. The van der Waals surface area contributed by atoms with Crippen molar-refractivity contribution in [1.29, 1.82) is 5.26 Å². The Balaban J connectivity index is 2.39. The summed E-state index contributed by atoms with van der Waals surface area (Å²) in [7, 11) is 0. The highest BCUT2D eigenvalue weighted by atomic mass is 15.2. The highest BCUT2D eigenvalue weighted by Gasteiger charge is 2.34. The van der Waals surface area contributed by atoms with E-state index in [1.165, 1.54) is 0 Å². The van der Waals surface area contributed by atoms with Crippen molar-refractivity contribution in [3.8, 4) is 6.07 Å². The van der Waals surface area contributed by atoms with Crippen molar-refractivity contribution in [1.82, 2.24) is 4.90 Å². The van der Waals surface area contributed by atoms with E-state index < -0.39 is 0 Å². The molecule has 0 amide bonds. The molecule has 0 aliphatic carbocycles. The lowest BCUT2D eigenvalue weighted by Gasteiger charge is -2.27. The van der Waals surface area contributed by atoms with E-state index in [0.29, 0.717) is 18.5 Å². The van der Waals surface area contributed by atoms with Gasteiger partial charge in [-0.2, -0.15) is 5.26 Å². The number of nitriles is 1. The quantitative estimate of drug-likeness (QED) is 0.861. The van der Waals surface area contributed by atoms with E-state index >= 15 is 0 Å². The van der Waals surface area contributed by atoms with Gasteiger partial charge in [-0.05, 0) is 43.6 Å². The molecule has 0 radical (unpaired) electrons. The Morgan fingerprint density at radius 3 is 2.88 bits per heavy atom. The molecule has 0 spiro atoms. The summed E-state index contributed by atoms with van der Waals surface area (Å²) >= 11 is 0. The van der Waals surface area contributed by atoms with Crippen molar-refractivity contribution in [3.05, 3.63) is 35.4 Å². The predicted octanol–water partition coefficient (Wildman–Crippen LogP) is 1.90. The topological polar surface area (TPSA) is 53.0 Å². The van der Waals surface area contributed by atoms with Gasteiger partial charge in [0.2, 0.25) is 0 Å². The highest BCUT2D eigenvalue weighted by molar-refractivity contribution is 5.40. The molecule has 2 rings (SSSR count). The van der Waals surface area contributed by atoms with Crippen LogP contribution in [-0.4, -0.2) is 24.5 Å². The van der Waals surface area contributed by atoms with Gasteiger partial charge >= 0.3 is 0 Å². The molecule has 3 heteroatoms. The number of hydrogen-bond donors (Lipinski definition) is 1. The van der Waals surface area contributed by atoms with Crippen LogP contribution in [0.2, 0.25) is 0 Å². The molecule has 1 aliphatic rings. The molecule has 1 fully saturated rings. The van der Waals surface area contributed by atoms with Gasteiger partial charge < -0.3 is 5.73 Å². The Labute approximate surface area is 103 Å². The second-order valence-corrected chi connectivity index (χ2v) is 4.56. The molecule has 0 saturated carbocycles. The smallest absolute Gasteiger partial charge is 0.0995 e. The number of benzene rings is 1. The van der Waals surface area contributed by atoms with Crippen LogP contribution >= 0.6 is 0 Å². The van der Waals surface area contributed by atoms with Crippen LogP contribution in [0.4, 0.5) is 0 Å². The Morgan fingerprint density at radius 2 is 2.24 bits per heavy atom. The molecular formula is C14H19N3. The number of nitrogens with two attached hydrogens (primary N) is 1. The van der Waals surface area contributed by atoms with E-state index in [4.69, 9.17) is 5.73 Å². The summed E-state index contributed by atoms with van der Waals surface area (Å²) in [5.41, 5.74) is 7.79. The molecule has 3 nitrogen and oxygen atoms in total. The summed E-state index contributed by atoms with van der Waals surface area (Å²) in [6.45, 7) is 4.96. The van der Waals surface area contributed by atoms with Gasteiger partial charge in [0.25, 0.3) is 0 Å².